The monoisotopic (exact) mass is 435 g/mol. The van der Waals surface area contributed by atoms with Gasteiger partial charge in [-0.2, -0.15) is 0 Å². The number of thiophene rings is 2. The number of nitrogens with one attached hydrogen (secondary N) is 1. The Bertz CT molecular complexity index is 1240. The third-order valence-electron chi connectivity index (χ3n) is 5.57. The Labute approximate surface area is 182 Å². The van der Waals surface area contributed by atoms with Gasteiger partial charge in [0.05, 0.1) is 16.9 Å². The fourth-order valence-electron chi connectivity index (χ4n) is 4.14. The number of aromatic amines is 1. The molecule has 0 saturated carbocycles. The molecule has 1 aliphatic rings. The molecule has 0 saturated heterocycles. The Hall–Kier alpha value is -2.77. The van der Waals surface area contributed by atoms with Crippen LogP contribution in [0.5, 0.6) is 0 Å². The maximum absolute atomic E-state index is 13.1. The van der Waals surface area contributed by atoms with E-state index in [1.54, 1.807) is 28.7 Å². The Morgan fingerprint density at radius 3 is 2.90 bits per heavy atom. The quantitative estimate of drug-likeness (QED) is 0.500. The third kappa shape index (κ3) is 3.59. The first-order valence-electron chi connectivity index (χ1n) is 10.1. The first-order chi connectivity index (χ1) is 14.7. The number of fused-ring (bicyclic) bond motifs is 2. The van der Waals surface area contributed by atoms with Crippen LogP contribution in [0.1, 0.15) is 40.0 Å². The number of hydrogen-bond donors (Lipinski definition) is 1. The molecular weight excluding hydrogens is 414 g/mol. The van der Waals surface area contributed by atoms with E-state index < -0.39 is 0 Å². The van der Waals surface area contributed by atoms with E-state index in [2.05, 4.69) is 32.9 Å². The van der Waals surface area contributed by atoms with Gasteiger partial charge in [-0.15, -0.1) is 22.7 Å². The van der Waals surface area contributed by atoms with Gasteiger partial charge in [-0.1, -0.05) is 18.2 Å². The summed E-state index contributed by atoms with van der Waals surface area (Å²) in [6, 6.07) is 13.7. The van der Waals surface area contributed by atoms with Crippen molar-refractivity contribution in [3.63, 3.8) is 0 Å². The van der Waals surface area contributed by atoms with Crippen molar-refractivity contribution in [3.8, 4) is 0 Å². The number of nitrogens with zero attached hydrogens (tertiary/aromatic N) is 2. The zero-order chi connectivity index (χ0) is 20.5. The molecule has 3 aromatic heterocycles. The lowest BCUT2D eigenvalue weighted by atomic mass is 9.97. The minimum absolute atomic E-state index is 0.0195. The number of hydrogen-bond acceptors (Lipinski definition) is 5. The molecule has 0 spiro atoms. The van der Waals surface area contributed by atoms with Crippen molar-refractivity contribution in [1.82, 2.24) is 14.9 Å². The molecule has 0 fully saturated rings. The molecule has 5 nitrogen and oxygen atoms in total. The predicted octanol–water partition coefficient (Wildman–Crippen LogP) is 4.54. The van der Waals surface area contributed by atoms with E-state index in [-0.39, 0.29) is 17.5 Å². The second kappa shape index (κ2) is 8.16. The van der Waals surface area contributed by atoms with Gasteiger partial charge in [0.15, 0.2) is 0 Å². The zero-order valence-corrected chi connectivity index (χ0v) is 18.0. The third-order valence-corrected chi connectivity index (χ3v) is 7.49. The van der Waals surface area contributed by atoms with Gasteiger partial charge in [0, 0.05) is 29.1 Å². The Balaban J connectivity index is 1.30. The largest absolute Gasteiger partial charge is 0.330 e. The van der Waals surface area contributed by atoms with Crippen LogP contribution >= 0.6 is 22.7 Å². The number of amides is 1. The van der Waals surface area contributed by atoms with Crippen molar-refractivity contribution in [3.05, 3.63) is 84.7 Å². The highest BCUT2D eigenvalue weighted by atomic mass is 32.1. The lowest BCUT2D eigenvalue weighted by Gasteiger charge is -2.35. The number of carbonyl (C=O) groups is 1. The molecule has 1 aromatic carbocycles. The number of aryl methyl sites for hydroxylation is 1. The summed E-state index contributed by atoms with van der Waals surface area (Å²) in [5.41, 5.74) is 1.84. The number of aromatic nitrogens is 2. The van der Waals surface area contributed by atoms with Gasteiger partial charge in [-0.05, 0) is 53.4 Å². The molecule has 1 N–H and O–H groups in total. The van der Waals surface area contributed by atoms with Crippen LogP contribution < -0.4 is 5.56 Å². The van der Waals surface area contributed by atoms with E-state index >= 15 is 0 Å². The van der Waals surface area contributed by atoms with Crippen molar-refractivity contribution in [2.75, 3.05) is 6.54 Å². The normalized spacial score (nSPS) is 16.0. The van der Waals surface area contributed by atoms with Crippen LogP contribution in [0.3, 0.4) is 0 Å². The van der Waals surface area contributed by atoms with Gasteiger partial charge in [-0.3, -0.25) is 9.59 Å². The maximum Gasteiger partial charge on any atom is 0.258 e. The summed E-state index contributed by atoms with van der Waals surface area (Å²) in [6.07, 6.45) is 2.59. The van der Waals surface area contributed by atoms with Crippen LogP contribution in [0.2, 0.25) is 0 Å². The van der Waals surface area contributed by atoms with Gasteiger partial charge in [0.25, 0.3) is 5.56 Å². The van der Waals surface area contributed by atoms with Crippen LogP contribution in [0.4, 0.5) is 0 Å². The molecule has 0 radical (unpaired) electrons. The Morgan fingerprint density at radius 2 is 2.03 bits per heavy atom. The maximum atomic E-state index is 13.1. The minimum Gasteiger partial charge on any atom is -0.330 e. The molecule has 1 unspecified atom stereocenters. The van der Waals surface area contributed by atoms with E-state index in [0.29, 0.717) is 36.0 Å². The highest BCUT2D eigenvalue weighted by molar-refractivity contribution is 7.10. The van der Waals surface area contributed by atoms with Gasteiger partial charge >= 0.3 is 0 Å². The SMILES string of the molecule is O=C(CCCc1nc2ccccc2c(=O)[nH]1)N1CCc2sccc2C1c1cccs1. The number of benzene rings is 1. The van der Waals surface area contributed by atoms with Crippen LogP contribution in [-0.4, -0.2) is 27.3 Å². The van der Waals surface area contributed by atoms with Gasteiger partial charge in [0.1, 0.15) is 5.82 Å². The summed E-state index contributed by atoms with van der Waals surface area (Å²) in [6.45, 7) is 0.750. The average molecular weight is 436 g/mol. The van der Waals surface area contributed by atoms with Crippen LogP contribution in [0.25, 0.3) is 10.9 Å². The smallest absolute Gasteiger partial charge is 0.258 e. The molecule has 7 heteroatoms. The summed E-state index contributed by atoms with van der Waals surface area (Å²) in [5.74, 6) is 0.799. The molecule has 30 heavy (non-hydrogen) atoms. The molecule has 1 amide bonds. The molecule has 4 aromatic rings. The molecule has 1 aliphatic heterocycles. The van der Waals surface area contributed by atoms with Crippen LogP contribution in [0.15, 0.2) is 58.0 Å². The molecule has 4 heterocycles. The summed E-state index contributed by atoms with van der Waals surface area (Å²) < 4.78 is 0. The predicted molar refractivity (Wildman–Crippen MR) is 121 cm³/mol. The summed E-state index contributed by atoms with van der Waals surface area (Å²) in [4.78, 5) is 37.4. The fourth-order valence-corrected chi connectivity index (χ4v) is 5.90. The molecule has 0 bridgehead atoms. The van der Waals surface area contributed by atoms with E-state index in [0.717, 1.165) is 13.0 Å². The highest BCUT2D eigenvalue weighted by Gasteiger charge is 2.32. The summed E-state index contributed by atoms with van der Waals surface area (Å²) >= 11 is 3.48. The second-order valence-electron chi connectivity index (χ2n) is 7.44. The van der Waals surface area contributed by atoms with Crippen molar-refractivity contribution >= 4 is 39.5 Å². The molecule has 5 rings (SSSR count). The number of carbonyl (C=O) groups excluding carboxylic acids is 1. The van der Waals surface area contributed by atoms with Gasteiger partial charge < -0.3 is 9.88 Å². The first-order valence-corrected chi connectivity index (χ1v) is 11.8. The Kier molecular flexibility index (Phi) is 5.23. The molecular formula is C23H21N3O2S2. The number of para-hydroxylation sites is 1. The van der Waals surface area contributed by atoms with E-state index in [1.807, 2.05) is 29.2 Å². The Morgan fingerprint density at radius 1 is 1.13 bits per heavy atom. The number of H-pyrrole nitrogens is 1. The van der Waals surface area contributed by atoms with E-state index in [4.69, 9.17) is 0 Å². The molecule has 0 aliphatic carbocycles. The fraction of sp³-hybridized carbons (Fsp3) is 0.261. The lowest BCUT2D eigenvalue weighted by Crippen LogP contribution is -2.39. The highest BCUT2D eigenvalue weighted by Crippen LogP contribution is 2.39. The minimum atomic E-state index is -0.124. The van der Waals surface area contributed by atoms with Crippen molar-refractivity contribution in [2.45, 2.75) is 31.7 Å². The van der Waals surface area contributed by atoms with E-state index in [9.17, 15) is 9.59 Å². The van der Waals surface area contributed by atoms with Gasteiger partial charge in [-0.25, -0.2) is 4.98 Å². The molecule has 1 atom stereocenters. The van der Waals surface area contributed by atoms with Gasteiger partial charge in [0.2, 0.25) is 5.91 Å². The van der Waals surface area contributed by atoms with Crippen molar-refractivity contribution < 1.29 is 4.79 Å². The topological polar surface area (TPSA) is 66.1 Å². The second-order valence-corrected chi connectivity index (χ2v) is 9.42. The zero-order valence-electron chi connectivity index (χ0n) is 16.3. The van der Waals surface area contributed by atoms with Crippen molar-refractivity contribution in [2.24, 2.45) is 0 Å². The summed E-state index contributed by atoms with van der Waals surface area (Å²) in [7, 11) is 0. The van der Waals surface area contributed by atoms with Crippen LogP contribution in [-0.2, 0) is 17.6 Å². The number of rotatable bonds is 5. The summed E-state index contributed by atoms with van der Waals surface area (Å²) in [5, 5.41) is 4.79. The van der Waals surface area contributed by atoms with E-state index in [1.165, 1.54) is 15.3 Å². The lowest BCUT2D eigenvalue weighted by molar-refractivity contribution is -0.133. The average Bonchev–Trinajstić information content (AvgIpc) is 3.45. The van der Waals surface area contributed by atoms with Crippen LogP contribution in [0, 0.1) is 0 Å². The first kappa shape index (κ1) is 19.2. The van der Waals surface area contributed by atoms with Crippen molar-refractivity contribution in [1.29, 1.82) is 0 Å². The standard InChI is InChI=1S/C23H21N3O2S2/c27-21(9-3-8-20-24-17-6-2-1-5-15(17)23(28)25-20)26-12-10-18-16(11-14-30-18)22(26)19-7-4-13-29-19/h1-2,4-7,11,13-14,22H,3,8-10,12H2,(H,24,25,28). The molecule has 152 valence electrons.